The molecule has 0 amide bonds. The Morgan fingerprint density at radius 1 is 1.20 bits per heavy atom. The van der Waals surface area contributed by atoms with Crippen LogP contribution in [0.5, 0.6) is 0 Å². The molecule has 16 nitrogen and oxygen atoms in total. The van der Waals surface area contributed by atoms with Crippen LogP contribution in [0.2, 0.25) is 0 Å². The SMILES string of the molecule is Nc1cc[15n]([C@@H]2O[C@H](COP(=O)(O)OP(=O)(O)OP(=O)(O)O)[C@@H](O)C2(F)F)[13c](=O)[15n]1. The Hall–Kier alpha value is -1.13. The largest absolute Gasteiger partial charge is 0.490 e. The third kappa shape index (κ3) is 6.20. The molecule has 0 saturated carbocycles. The van der Waals surface area contributed by atoms with Crippen molar-refractivity contribution in [2.24, 2.45) is 0 Å². The Morgan fingerprint density at radius 2 is 1.80 bits per heavy atom. The van der Waals surface area contributed by atoms with Gasteiger partial charge in [-0.2, -0.15) is 22.4 Å². The fourth-order valence-electron chi connectivity index (χ4n) is 2.18. The smallest absolute Gasteiger partial charge is 0.384 e. The highest BCUT2D eigenvalue weighted by molar-refractivity contribution is 7.66. The van der Waals surface area contributed by atoms with Crippen molar-refractivity contribution in [2.45, 2.75) is 24.4 Å². The second kappa shape index (κ2) is 8.43. The van der Waals surface area contributed by atoms with Crippen LogP contribution < -0.4 is 11.4 Å². The van der Waals surface area contributed by atoms with Gasteiger partial charge < -0.3 is 35.2 Å². The minimum absolute atomic E-state index is 0.282. The fraction of sp³-hybridized carbons (Fsp3) is 0.556. The van der Waals surface area contributed by atoms with E-state index in [9.17, 15) is 37.3 Å². The van der Waals surface area contributed by atoms with E-state index in [1.54, 1.807) is 0 Å². The van der Waals surface area contributed by atoms with Crippen LogP contribution in [0.3, 0.4) is 0 Å². The van der Waals surface area contributed by atoms with Crippen LogP contribution in [0.1, 0.15) is 6.23 Å². The summed E-state index contributed by atoms with van der Waals surface area (Å²) in [4.78, 5) is 50.1. The van der Waals surface area contributed by atoms with Crippen molar-refractivity contribution in [2.75, 3.05) is 12.3 Å². The van der Waals surface area contributed by atoms with Gasteiger partial charge in [0.25, 0.3) is 0 Å². The minimum atomic E-state index is -5.83. The summed E-state index contributed by atoms with van der Waals surface area (Å²) in [5, 5.41) is 9.72. The summed E-state index contributed by atoms with van der Waals surface area (Å²) in [6.45, 7) is -1.35. The molecule has 0 spiro atoms. The summed E-state index contributed by atoms with van der Waals surface area (Å²) in [5.74, 6) is -4.42. The molecule has 1 saturated heterocycles. The van der Waals surface area contributed by atoms with Crippen molar-refractivity contribution in [1.82, 2.24) is 9.55 Å². The summed E-state index contributed by atoms with van der Waals surface area (Å²) in [5.41, 5.74) is 3.97. The van der Waals surface area contributed by atoms with Gasteiger partial charge in [0.1, 0.15) is 11.9 Å². The number of anilines is 1. The van der Waals surface area contributed by atoms with Crippen LogP contribution in [-0.4, -0.2) is 59.0 Å². The number of aromatic nitrogens is 2. The van der Waals surface area contributed by atoms with Crippen LogP contribution in [0.4, 0.5) is 14.6 Å². The number of nitrogens with two attached hydrogens (primary N) is 1. The number of hydrogen-bond donors (Lipinski definition) is 6. The highest BCUT2D eigenvalue weighted by atomic mass is 31.3. The molecule has 1 aromatic rings. The first-order chi connectivity index (χ1) is 13.4. The van der Waals surface area contributed by atoms with Crippen molar-refractivity contribution < 1.29 is 65.0 Å². The fourth-order valence-corrected chi connectivity index (χ4v) is 5.21. The topological polar surface area (TPSA) is 250 Å². The predicted octanol–water partition coefficient (Wildman–Crippen LogP) is -0.938. The van der Waals surface area contributed by atoms with Crippen LogP contribution >= 0.6 is 23.5 Å². The maximum Gasteiger partial charge on any atom is 0.490 e. The first-order valence-electron chi connectivity index (χ1n) is 7.28. The zero-order valence-electron chi connectivity index (χ0n) is 14.2. The number of rotatable bonds is 8. The number of phosphoric acid groups is 3. The lowest BCUT2D eigenvalue weighted by Crippen LogP contribution is -2.41. The van der Waals surface area contributed by atoms with E-state index < -0.39 is 60.1 Å². The number of nitrogen functional groups attached to an aromatic ring is 1. The first-order valence-corrected chi connectivity index (χ1v) is 11.8. The molecule has 0 bridgehead atoms. The van der Waals surface area contributed by atoms with Gasteiger partial charge in [-0.1, -0.05) is 0 Å². The molecule has 2 rings (SSSR count). The monoisotopic (exact) mass is 506 g/mol. The highest BCUT2D eigenvalue weighted by Crippen LogP contribution is 2.66. The molecule has 2 heterocycles. The van der Waals surface area contributed by atoms with Crippen molar-refractivity contribution in [1.29, 1.82) is 0 Å². The van der Waals surface area contributed by atoms with Gasteiger partial charge in [0.15, 0.2) is 6.10 Å². The van der Waals surface area contributed by atoms with Gasteiger partial charge in [-0.05, 0) is 6.07 Å². The van der Waals surface area contributed by atoms with Crippen molar-refractivity contribution in [3.8, 4) is 0 Å². The van der Waals surface area contributed by atoms with E-state index in [4.69, 9.17) is 25.2 Å². The first kappa shape index (κ1) is 25.1. The second-order valence-corrected chi connectivity index (χ2v) is 10.00. The van der Waals surface area contributed by atoms with E-state index in [1.807, 2.05) is 0 Å². The number of halogens is 2. The average molecular weight is 506 g/mol. The Labute approximate surface area is 164 Å². The Bertz CT molecular complexity index is 998. The lowest BCUT2D eigenvalue weighted by Gasteiger charge is -2.20. The number of nitrogens with zero attached hydrogens (tertiary/aromatic N) is 2. The zero-order chi connectivity index (χ0) is 23.1. The number of aliphatic hydroxyl groups is 1. The summed E-state index contributed by atoms with van der Waals surface area (Å²) in [7, 11) is -17.1. The number of phosphoric ester groups is 1. The van der Waals surface area contributed by atoms with Crippen molar-refractivity contribution in [3.05, 3.63) is 22.7 Å². The van der Waals surface area contributed by atoms with Gasteiger partial charge in [0, 0.05) is 6.20 Å². The van der Waals surface area contributed by atoms with Crippen molar-refractivity contribution >= 4 is 29.3 Å². The third-order valence-corrected chi connectivity index (χ3v) is 7.10. The standard InChI is InChI=1S/C9H14F2N3O13P3/c10-9(11)6(15)4(25-7(9)14-2-1-5(12)13-8(14)16)3-24-29(20,21)27-30(22,23)26-28(17,18)19/h1-2,4,6-7,15H,3H2,(H,20,21)(H,22,23)(H2,12,13,16)(H2,17,18,19)/t4-,6-,7-/m1/s1/i8+1,13+1,14+1. The third-order valence-electron chi connectivity index (χ3n) is 3.30. The Morgan fingerprint density at radius 3 is 2.33 bits per heavy atom. The number of alkyl halides is 2. The van der Waals surface area contributed by atoms with E-state index in [2.05, 4.69) is 18.1 Å². The lowest BCUT2D eigenvalue weighted by molar-refractivity contribution is -0.140. The van der Waals surface area contributed by atoms with E-state index >= 15 is 0 Å². The maximum atomic E-state index is 14.3. The molecule has 1 fully saturated rings. The molecule has 7 N–H and O–H groups in total. The molecule has 0 radical (unpaired) electrons. The summed E-state index contributed by atoms with van der Waals surface area (Å²) in [6.07, 6.45) is -6.40. The minimum Gasteiger partial charge on any atom is -0.384 e. The molecule has 0 aliphatic carbocycles. The average Bonchev–Trinajstić information content (AvgIpc) is 2.73. The van der Waals surface area contributed by atoms with E-state index in [1.165, 1.54) is 0 Å². The summed E-state index contributed by atoms with van der Waals surface area (Å²) < 4.78 is 78.0. The zero-order valence-corrected chi connectivity index (χ0v) is 16.8. The molecular formula is C9H14F2N3O13P3. The van der Waals surface area contributed by atoms with Crippen LogP contribution in [0.15, 0.2) is 17.1 Å². The van der Waals surface area contributed by atoms with Crippen molar-refractivity contribution in [3.63, 3.8) is 0 Å². The van der Waals surface area contributed by atoms with Gasteiger partial charge in [-0.25, -0.2) is 18.5 Å². The molecule has 172 valence electrons. The summed E-state index contributed by atoms with van der Waals surface area (Å²) >= 11 is 0. The predicted molar refractivity (Wildman–Crippen MR) is 87.6 cm³/mol. The van der Waals surface area contributed by atoms with E-state index in [0.717, 1.165) is 12.3 Å². The summed E-state index contributed by atoms with van der Waals surface area (Å²) in [6, 6.07) is 0.979. The molecule has 5 atom stereocenters. The van der Waals surface area contributed by atoms with E-state index in [0.29, 0.717) is 0 Å². The van der Waals surface area contributed by atoms with Crippen LogP contribution in [0, 0.1) is 0 Å². The number of hydrogen-bond acceptors (Lipinski definition) is 11. The molecule has 0 aromatic carbocycles. The molecule has 1 aliphatic heterocycles. The quantitative estimate of drug-likeness (QED) is 0.233. The normalized spacial score (nSPS) is 28.0. The Kier molecular flexibility index (Phi) is 7.06. The second-order valence-electron chi connectivity index (χ2n) is 5.58. The van der Waals surface area contributed by atoms with Gasteiger partial charge in [-0.3, -0.25) is 9.09 Å². The highest BCUT2D eigenvalue weighted by Gasteiger charge is 2.60. The van der Waals surface area contributed by atoms with Crippen LogP contribution in [-0.2, 0) is 31.6 Å². The molecule has 21 heteroatoms. The Balaban J connectivity index is 2.12. The van der Waals surface area contributed by atoms with Gasteiger partial charge >= 0.3 is 35.1 Å². The maximum absolute atomic E-state index is 14.3. The molecule has 2 unspecified atom stereocenters. The van der Waals surface area contributed by atoms with E-state index in [-0.39, 0.29) is 10.4 Å². The van der Waals surface area contributed by atoms with Crippen LogP contribution in [0.25, 0.3) is 0 Å². The molecular weight excluding hydrogens is 492 g/mol. The molecule has 1 aliphatic rings. The van der Waals surface area contributed by atoms with Gasteiger partial charge in [0.2, 0.25) is 6.23 Å². The lowest BCUT2D eigenvalue weighted by atomic mass is 10.1. The number of aliphatic hydroxyl groups excluding tert-OH is 1. The van der Waals surface area contributed by atoms with Gasteiger partial charge in [-0.15, -0.1) is 0 Å². The molecule has 1 aromatic heterocycles. The van der Waals surface area contributed by atoms with Gasteiger partial charge in [0.05, 0.1) is 6.61 Å². The number of ether oxygens (including phenoxy) is 1. The molecule has 30 heavy (non-hydrogen) atoms.